The van der Waals surface area contributed by atoms with Crippen molar-refractivity contribution in [3.05, 3.63) is 101 Å². The lowest BCUT2D eigenvalue weighted by atomic mass is 9.94. The summed E-state index contributed by atoms with van der Waals surface area (Å²) in [4.78, 5) is 35.2. The van der Waals surface area contributed by atoms with Crippen LogP contribution in [-0.2, 0) is 9.59 Å². The van der Waals surface area contributed by atoms with Gasteiger partial charge in [0.25, 0.3) is 5.78 Å². The second kappa shape index (κ2) is 8.10. The van der Waals surface area contributed by atoms with Crippen LogP contribution in [0.1, 0.15) is 22.7 Å². The van der Waals surface area contributed by atoms with Crippen LogP contribution in [0, 0.1) is 18.6 Å². The Hall–Kier alpha value is -4.37. The summed E-state index contributed by atoms with van der Waals surface area (Å²) in [5.41, 5.74) is 2.37. The number of ketones is 1. The Morgan fingerprint density at radius 2 is 1.89 bits per heavy atom. The zero-order valence-corrected chi connectivity index (χ0v) is 19.6. The van der Waals surface area contributed by atoms with Gasteiger partial charge in [0.15, 0.2) is 10.9 Å². The summed E-state index contributed by atoms with van der Waals surface area (Å²) in [6, 6.07) is 15.3. The van der Waals surface area contributed by atoms with Gasteiger partial charge in [-0.2, -0.15) is 0 Å². The third-order valence-electron chi connectivity index (χ3n) is 6.25. The number of nitrogens with one attached hydrogen (secondary N) is 1. The fourth-order valence-corrected chi connectivity index (χ4v) is 5.68. The first-order valence-electron chi connectivity index (χ1n) is 11.0. The summed E-state index contributed by atoms with van der Waals surface area (Å²) in [5, 5.41) is 12.1. The number of aliphatic hydroxyl groups excluding tert-OH is 1. The fourth-order valence-electron chi connectivity index (χ4n) is 4.65. The van der Waals surface area contributed by atoms with Crippen LogP contribution in [0.25, 0.3) is 26.9 Å². The fraction of sp³-hybridized carbons (Fsp3) is 0.0741. The van der Waals surface area contributed by atoms with E-state index in [2.05, 4.69) is 9.97 Å². The number of aliphatic hydroxyl groups is 1. The van der Waals surface area contributed by atoms with E-state index in [0.717, 1.165) is 39.4 Å². The molecule has 1 amide bonds. The van der Waals surface area contributed by atoms with Crippen LogP contribution in [0.4, 0.5) is 13.9 Å². The van der Waals surface area contributed by atoms with Crippen molar-refractivity contribution in [2.75, 3.05) is 4.90 Å². The average Bonchev–Trinajstić information content (AvgIpc) is 3.53. The first kappa shape index (κ1) is 22.1. The second-order valence-corrected chi connectivity index (χ2v) is 9.57. The highest BCUT2D eigenvalue weighted by Crippen LogP contribution is 2.45. The molecule has 36 heavy (non-hydrogen) atoms. The maximum atomic E-state index is 14.4. The monoisotopic (exact) mass is 501 g/mol. The molecule has 1 aliphatic rings. The standard InChI is InChI=1S/C27H17F2N3O3S/c1-13-5-4-6-14(9-13)23-21(24(33)17-12-30-19-8-3-2-7-16(17)19)25(34)26(35)32(23)27-31-22-18(29)10-15(28)11-20(22)36-27/h2-12,23,30,33H,1H3/b24-21+. The lowest BCUT2D eigenvalue weighted by Gasteiger charge is -2.23. The SMILES string of the molecule is Cc1cccc(C2/C(=C(\O)c3c[nH]c4ccccc34)C(=O)C(=O)N2c2nc3c(F)cc(F)cc3s2)c1. The quantitative estimate of drug-likeness (QED) is 0.181. The van der Waals surface area contributed by atoms with Gasteiger partial charge >= 0.3 is 5.91 Å². The molecule has 1 fully saturated rings. The predicted molar refractivity (Wildman–Crippen MR) is 134 cm³/mol. The van der Waals surface area contributed by atoms with Gasteiger partial charge < -0.3 is 10.1 Å². The number of aromatic nitrogens is 2. The predicted octanol–water partition coefficient (Wildman–Crippen LogP) is 5.99. The van der Waals surface area contributed by atoms with E-state index in [9.17, 15) is 23.5 Å². The van der Waals surface area contributed by atoms with Crippen molar-refractivity contribution in [3.8, 4) is 0 Å². The molecule has 0 radical (unpaired) electrons. The Morgan fingerprint density at radius 1 is 1.08 bits per heavy atom. The van der Waals surface area contributed by atoms with Crippen molar-refractivity contribution in [3.63, 3.8) is 0 Å². The van der Waals surface area contributed by atoms with Crippen LogP contribution in [0.15, 0.2) is 72.4 Å². The average molecular weight is 502 g/mol. The third-order valence-corrected chi connectivity index (χ3v) is 7.26. The van der Waals surface area contributed by atoms with Gasteiger partial charge in [0.05, 0.1) is 16.3 Å². The van der Waals surface area contributed by atoms with Crippen LogP contribution >= 0.6 is 11.3 Å². The summed E-state index contributed by atoms with van der Waals surface area (Å²) >= 11 is 0.896. The van der Waals surface area contributed by atoms with Crippen molar-refractivity contribution < 1.29 is 23.5 Å². The number of para-hydroxylation sites is 1. The van der Waals surface area contributed by atoms with Gasteiger partial charge in [-0.25, -0.2) is 13.8 Å². The highest BCUT2D eigenvalue weighted by molar-refractivity contribution is 7.22. The van der Waals surface area contributed by atoms with Gasteiger partial charge in [-0.15, -0.1) is 0 Å². The van der Waals surface area contributed by atoms with E-state index in [1.807, 2.05) is 25.1 Å². The second-order valence-electron chi connectivity index (χ2n) is 8.56. The van der Waals surface area contributed by atoms with Crippen LogP contribution in [-0.4, -0.2) is 26.8 Å². The largest absolute Gasteiger partial charge is 0.507 e. The smallest absolute Gasteiger partial charge is 0.301 e. The number of rotatable bonds is 3. The number of H-pyrrole nitrogens is 1. The molecule has 0 aliphatic carbocycles. The van der Waals surface area contributed by atoms with E-state index in [0.29, 0.717) is 16.5 Å². The molecule has 3 aromatic carbocycles. The van der Waals surface area contributed by atoms with Crippen LogP contribution in [0.3, 0.4) is 0 Å². The number of benzene rings is 3. The number of anilines is 1. The summed E-state index contributed by atoms with van der Waals surface area (Å²) in [5.74, 6) is -3.78. The topological polar surface area (TPSA) is 86.3 Å². The van der Waals surface area contributed by atoms with Gasteiger partial charge in [-0.3, -0.25) is 14.5 Å². The lowest BCUT2D eigenvalue weighted by Crippen LogP contribution is -2.29. The molecule has 178 valence electrons. The molecule has 2 N–H and O–H groups in total. The number of carbonyl (C=O) groups excluding carboxylic acids is 2. The van der Waals surface area contributed by atoms with E-state index >= 15 is 0 Å². The molecular formula is C27H17F2N3O3S. The highest BCUT2D eigenvalue weighted by Gasteiger charge is 2.48. The zero-order chi connectivity index (χ0) is 25.1. The Labute approximate surface area is 207 Å². The van der Waals surface area contributed by atoms with Crippen LogP contribution in [0.2, 0.25) is 0 Å². The van der Waals surface area contributed by atoms with Gasteiger partial charge in [0, 0.05) is 28.7 Å². The molecule has 3 heterocycles. The number of hydrogen-bond acceptors (Lipinski definition) is 5. The first-order valence-corrected chi connectivity index (χ1v) is 11.8. The number of hydrogen-bond donors (Lipinski definition) is 2. The number of nitrogens with zero attached hydrogens (tertiary/aromatic N) is 2. The molecule has 9 heteroatoms. The van der Waals surface area contributed by atoms with Crippen LogP contribution in [0.5, 0.6) is 0 Å². The van der Waals surface area contributed by atoms with Gasteiger partial charge in [-0.05, 0) is 24.6 Å². The van der Waals surface area contributed by atoms with Crippen molar-refractivity contribution in [1.82, 2.24) is 9.97 Å². The van der Waals surface area contributed by atoms with Crippen LogP contribution < -0.4 is 4.90 Å². The number of aryl methyl sites for hydroxylation is 1. The van der Waals surface area contributed by atoms with Crippen molar-refractivity contribution in [2.45, 2.75) is 13.0 Å². The summed E-state index contributed by atoms with van der Waals surface area (Å²) in [7, 11) is 0. The third kappa shape index (κ3) is 3.31. The number of carbonyl (C=O) groups is 2. The molecule has 1 atom stereocenters. The molecule has 1 aliphatic heterocycles. The lowest BCUT2D eigenvalue weighted by molar-refractivity contribution is -0.132. The van der Waals surface area contributed by atoms with Gasteiger partial charge in [0.2, 0.25) is 0 Å². The summed E-state index contributed by atoms with van der Waals surface area (Å²) in [6.45, 7) is 1.87. The highest BCUT2D eigenvalue weighted by atomic mass is 32.1. The van der Waals surface area contributed by atoms with E-state index < -0.39 is 29.4 Å². The Kier molecular flexibility index (Phi) is 4.97. The number of amides is 1. The Balaban J connectivity index is 1.61. The van der Waals surface area contributed by atoms with E-state index in [1.165, 1.54) is 0 Å². The number of halogens is 2. The maximum absolute atomic E-state index is 14.4. The maximum Gasteiger partial charge on any atom is 0.301 e. The van der Waals surface area contributed by atoms with Crippen molar-refractivity contribution >= 4 is 55.0 Å². The molecule has 0 bridgehead atoms. The first-order chi connectivity index (χ1) is 17.3. The van der Waals surface area contributed by atoms with E-state index in [-0.39, 0.29) is 26.7 Å². The Bertz CT molecular complexity index is 1750. The molecule has 1 unspecified atom stereocenters. The molecule has 0 spiro atoms. The minimum atomic E-state index is -1.02. The minimum Gasteiger partial charge on any atom is -0.507 e. The van der Waals surface area contributed by atoms with E-state index in [1.54, 1.807) is 36.5 Å². The van der Waals surface area contributed by atoms with Crippen molar-refractivity contribution in [1.29, 1.82) is 0 Å². The zero-order valence-electron chi connectivity index (χ0n) is 18.8. The normalized spacial score (nSPS) is 17.5. The van der Waals surface area contributed by atoms with Crippen molar-refractivity contribution in [2.24, 2.45) is 0 Å². The molecule has 6 nitrogen and oxygen atoms in total. The molecule has 2 aromatic heterocycles. The summed E-state index contributed by atoms with van der Waals surface area (Å²) < 4.78 is 28.4. The molecule has 1 saturated heterocycles. The van der Waals surface area contributed by atoms with E-state index in [4.69, 9.17) is 0 Å². The molecule has 5 aromatic rings. The number of Topliss-reactive ketones (excluding diaryl/α,β-unsaturated/α-hetero) is 1. The molecule has 6 rings (SSSR count). The molecule has 0 saturated carbocycles. The molecular weight excluding hydrogens is 484 g/mol. The number of aromatic amines is 1. The number of thiazole rings is 1. The summed E-state index contributed by atoms with van der Waals surface area (Å²) in [6.07, 6.45) is 1.58. The van der Waals surface area contributed by atoms with Gasteiger partial charge in [0.1, 0.15) is 17.1 Å². The van der Waals surface area contributed by atoms with Gasteiger partial charge in [-0.1, -0.05) is 59.4 Å². The Morgan fingerprint density at radius 3 is 2.69 bits per heavy atom. The number of fused-ring (bicyclic) bond motifs is 2. The minimum absolute atomic E-state index is 0.0288.